The third-order valence-electron chi connectivity index (χ3n) is 1.77. The predicted molar refractivity (Wildman–Crippen MR) is 55.8 cm³/mol. The molecule has 0 aliphatic heterocycles. The molecule has 0 amide bonds. The second-order valence-electron chi connectivity index (χ2n) is 2.90. The first-order valence-electron chi connectivity index (χ1n) is 3.84. The summed E-state index contributed by atoms with van der Waals surface area (Å²) in [5, 5.41) is 9.26. The Balaban J connectivity index is 3.43. The number of Topliss-reactive ketones (excluding diaryl/α,β-unsaturated/α-hetero) is 1. The summed E-state index contributed by atoms with van der Waals surface area (Å²) in [5.41, 5.74) is -1.23. The highest BCUT2D eigenvalue weighted by Gasteiger charge is 2.34. The SMILES string of the molecule is CC(=O)c1cc(C(F)(F)F)c(I)cc1O. The number of rotatable bonds is 1. The van der Waals surface area contributed by atoms with Crippen molar-refractivity contribution in [3.8, 4) is 5.75 Å². The lowest BCUT2D eigenvalue weighted by Crippen LogP contribution is -2.09. The van der Waals surface area contributed by atoms with Crippen molar-refractivity contribution in [3.05, 3.63) is 26.8 Å². The maximum atomic E-state index is 12.4. The molecule has 0 radical (unpaired) electrons. The van der Waals surface area contributed by atoms with Crippen LogP contribution in [0.2, 0.25) is 0 Å². The first-order chi connectivity index (χ1) is 6.73. The largest absolute Gasteiger partial charge is 0.507 e. The third-order valence-corrected chi connectivity index (χ3v) is 2.66. The van der Waals surface area contributed by atoms with Crippen molar-refractivity contribution < 1.29 is 23.1 Å². The first kappa shape index (κ1) is 12.3. The Morgan fingerprint density at radius 2 is 1.93 bits per heavy atom. The van der Waals surface area contributed by atoms with Crippen LogP contribution in [0.25, 0.3) is 0 Å². The molecule has 0 saturated carbocycles. The molecule has 0 bridgehead atoms. The molecule has 1 N–H and O–H groups in total. The molecular weight excluding hydrogens is 324 g/mol. The molecule has 1 rings (SSSR count). The lowest BCUT2D eigenvalue weighted by atomic mass is 10.1. The number of carbonyl (C=O) groups is 1. The highest BCUT2D eigenvalue weighted by atomic mass is 127. The van der Waals surface area contributed by atoms with Crippen LogP contribution in [0.4, 0.5) is 13.2 Å². The van der Waals surface area contributed by atoms with Gasteiger partial charge in [-0.1, -0.05) is 0 Å². The lowest BCUT2D eigenvalue weighted by molar-refractivity contribution is -0.138. The monoisotopic (exact) mass is 330 g/mol. The predicted octanol–water partition coefficient (Wildman–Crippen LogP) is 3.22. The number of hydrogen-bond donors (Lipinski definition) is 1. The minimum Gasteiger partial charge on any atom is -0.507 e. The number of benzene rings is 1. The normalized spacial score (nSPS) is 11.5. The average Bonchev–Trinajstić information content (AvgIpc) is 2.00. The van der Waals surface area contributed by atoms with Crippen molar-refractivity contribution in [2.45, 2.75) is 13.1 Å². The van der Waals surface area contributed by atoms with Gasteiger partial charge in [-0.15, -0.1) is 0 Å². The van der Waals surface area contributed by atoms with Crippen molar-refractivity contribution in [2.75, 3.05) is 0 Å². The standard InChI is InChI=1S/C9H6F3IO2/c1-4(14)5-2-6(9(10,11)12)7(13)3-8(5)15/h2-3,15H,1H3. The number of hydrogen-bond acceptors (Lipinski definition) is 2. The molecule has 0 unspecified atom stereocenters. The van der Waals surface area contributed by atoms with Gasteiger partial charge in [0.1, 0.15) is 5.75 Å². The zero-order chi connectivity index (χ0) is 11.8. The average molecular weight is 330 g/mol. The molecule has 1 aromatic rings. The molecule has 0 spiro atoms. The van der Waals surface area contributed by atoms with Crippen molar-refractivity contribution in [1.29, 1.82) is 0 Å². The van der Waals surface area contributed by atoms with E-state index < -0.39 is 23.3 Å². The van der Waals surface area contributed by atoms with Gasteiger partial charge in [-0.2, -0.15) is 13.2 Å². The maximum Gasteiger partial charge on any atom is 0.417 e. The van der Waals surface area contributed by atoms with Crippen LogP contribution in [-0.2, 0) is 6.18 Å². The summed E-state index contributed by atoms with van der Waals surface area (Å²) in [6, 6.07) is 1.60. The summed E-state index contributed by atoms with van der Waals surface area (Å²) in [4.78, 5) is 10.9. The number of alkyl halides is 3. The Kier molecular flexibility index (Phi) is 3.27. The number of carbonyl (C=O) groups excluding carboxylic acids is 1. The van der Waals surface area contributed by atoms with Gasteiger partial charge >= 0.3 is 6.18 Å². The quantitative estimate of drug-likeness (QED) is 0.634. The van der Waals surface area contributed by atoms with E-state index in [1.54, 1.807) is 0 Å². The molecule has 0 saturated heterocycles. The first-order valence-corrected chi connectivity index (χ1v) is 4.92. The van der Waals surface area contributed by atoms with Crippen molar-refractivity contribution in [2.24, 2.45) is 0 Å². The zero-order valence-electron chi connectivity index (χ0n) is 7.52. The van der Waals surface area contributed by atoms with Crippen molar-refractivity contribution in [3.63, 3.8) is 0 Å². The van der Waals surface area contributed by atoms with E-state index in [1.807, 2.05) is 0 Å². The molecule has 82 valence electrons. The minimum atomic E-state index is -4.52. The van der Waals surface area contributed by atoms with Gasteiger partial charge < -0.3 is 5.11 Å². The Morgan fingerprint density at radius 3 is 2.33 bits per heavy atom. The van der Waals surface area contributed by atoms with Crippen LogP contribution in [0.5, 0.6) is 5.75 Å². The molecule has 0 aliphatic rings. The number of halogens is 4. The van der Waals surface area contributed by atoms with Crippen LogP contribution in [0.15, 0.2) is 12.1 Å². The van der Waals surface area contributed by atoms with E-state index in [9.17, 15) is 23.1 Å². The summed E-state index contributed by atoms with van der Waals surface area (Å²) in [6.45, 7) is 1.10. The minimum absolute atomic E-state index is 0.136. The van der Waals surface area contributed by atoms with Gasteiger partial charge in [0.25, 0.3) is 0 Å². The Bertz CT molecular complexity index is 413. The molecule has 1 aromatic carbocycles. The van der Waals surface area contributed by atoms with E-state index in [0.717, 1.165) is 13.0 Å². The number of ketones is 1. The molecule has 15 heavy (non-hydrogen) atoms. The molecule has 0 aliphatic carbocycles. The van der Waals surface area contributed by atoms with Gasteiger partial charge in [0.05, 0.1) is 11.1 Å². The van der Waals surface area contributed by atoms with Crippen LogP contribution in [0.1, 0.15) is 22.8 Å². The fourth-order valence-corrected chi connectivity index (χ4v) is 1.82. The van der Waals surface area contributed by atoms with E-state index in [0.29, 0.717) is 6.07 Å². The van der Waals surface area contributed by atoms with E-state index in [1.165, 1.54) is 22.6 Å². The highest BCUT2D eigenvalue weighted by molar-refractivity contribution is 14.1. The van der Waals surface area contributed by atoms with Crippen LogP contribution in [-0.4, -0.2) is 10.9 Å². The molecule has 0 atom stereocenters. The second-order valence-corrected chi connectivity index (χ2v) is 4.07. The third kappa shape index (κ3) is 2.61. The zero-order valence-corrected chi connectivity index (χ0v) is 9.68. The van der Waals surface area contributed by atoms with E-state index in [4.69, 9.17) is 0 Å². The fourth-order valence-electron chi connectivity index (χ4n) is 1.06. The van der Waals surface area contributed by atoms with Gasteiger partial charge in [-0.05, 0) is 41.6 Å². The van der Waals surface area contributed by atoms with Crippen molar-refractivity contribution >= 4 is 28.4 Å². The van der Waals surface area contributed by atoms with Crippen molar-refractivity contribution in [1.82, 2.24) is 0 Å². The summed E-state index contributed by atoms with van der Waals surface area (Å²) < 4.78 is 37.1. The highest BCUT2D eigenvalue weighted by Crippen LogP contribution is 2.36. The van der Waals surface area contributed by atoms with Gasteiger partial charge in [0.15, 0.2) is 5.78 Å². The number of aromatic hydroxyl groups is 1. The molecular formula is C9H6F3IO2. The topological polar surface area (TPSA) is 37.3 Å². The van der Waals surface area contributed by atoms with Crippen LogP contribution in [0, 0.1) is 3.57 Å². The van der Waals surface area contributed by atoms with Gasteiger partial charge in [0.2, 0.25) is 0 Å². The number of phenols is 1. The molecule has 0 heterocycles. The lowest BCUT2D eigenvalue weighted by Gasteiger charge is -2.11. The maximum absolute atomic E-state index is 12.4. The summed E-state index contributed by atoms with van der Waals surface area (Å²) >= 11 is 1.46. The van der Waals surface area contributed by atoms with E-state index in [2.05, 4.69) is 0 Å². The second kappa shape index (κ2) is 3.99. The fraction of sp³-hybridized carbons (Fsp3) is 0.222. The molecule has 0 aromatic heterocycles. The Morgan fingerprint density at radius 1 is 1.40 bits per heavy atom. The van der Waals surface area contributed by atoms with Gasteiger partial charge in [-0.25, -0.2) is 0 Å². The summed E-state index contributed by atoms with van der Waals surface area (Å²) in [7, 11) is 0. The van der Waals surface area contributed by atoms with Crippen LogP contribution < -0.4 is 0 Å². The van der Waals surface area contributed by atoms with Crippen LogP contribution >= 0.6 is 22.6 Å². The summed E-state index contributed by atoms with van der Waals surface area (Å²) in [5.74, 6) is -1.03. The van der Waals surface area contributed by atoms with Gasteiger partial charge in [0, 0.05) is 3.57 Å². The van der Waals surface area contributed by atoms with E-state index in [-0.39, 0.29) is 9.13 Å². The number of phenolic OH excluding ortho intramolecular Hbond substituents is 1. The van der Waals surface area contributed by atoms with Crippen LogP contribution in [0.3, 0.4) is 0 Å². The molecule has 0 fully saturated rings. The molecule has 6 heteroatoms. The van der Waals surface area contributed by atoms with Gasteiger partial charge in [-0.3, -0.25) is 4.79 Å². The smallest absolute Gasteiger partial charge is 0.417 e. The Hall–Kier alpha value is -0.790. The Labute approximate surface area is 97.2 Å². The van der Waals surface area contributed by atoms with E-state index >= 15 is 0 Å². The molecule has 2 nitrogen and oxygen atoms in total. The summed E-state index contributed by atoms with van der Waals surface area (Å²) in [6.07, 6.45) is -4.52.